The number of anilines is 1. The van der Waals surface area contributed by atoms with Crippen LogP contribution in [0, 0.1) is 5.82 Å². The molecule has 2 aromatic rings. The van der Waals surface area contributed by atoms with Crippen molar-refractivity contribution in [1.29, 1.82) is 0 Å². The quantitative estimate of drug-likeness (QED) is 0.565. The number of nitrogens with zero attached hydrogens (tertiary/aromatic N) is 1. The highest BCUT2D eigenvalue weighted by atomic mass is 32.2. The lowest BCUT2D eigenvalue weighted by atomic mass is 9.92. The first-order valence-electron chi connectivity index (χ1n) is 8.51. The van der Waals surface area contributed by atoms with Crippen molar-refractivity contribution < 1.29 is 27.2 Å². The molecule has 10 heteroatoms. The van der Waals surface area contributed by atoms with Gasteiger partial charge in [0.15, 0.2) is 9.84 Å². The van der Waals surface area contributed by atoms with Crippen LogP contribution in [0.1, 0.15) is 12.5 Å². The van der Waals surface area contributed by atoms with Gasteiger partial charge < -0.3 is 10.6 Å². The Hall–Kier alpha value is -3.27. The Morgan fingerprint density at radius 1 is 1.17 bits per heavy atom. The van der Waals surface area contributed by atoms with Crippen LogP contribution in [-0.2, 0) is 25.0 Å². The summed E-state index contributed by atoms with van der Waals surface area (Å²) in [5.41, 5.74) is -1.15. The number of nitrogens with one attached hydrogen (secondary N) is 2. The minimum atomic E-state index is -3.61. The first-order chi connectivity index (χ1) is 13.5. The average molecular weight is 419 g/mol. The van der Waals surface area contributed by atoms with Gasteiger partial charge in [-0.3, -0.25) is 14.5 Å². The van der Waals surface area contributed by atoms with Gasteiger partial charge in [0.1, 0.15) is 17.9 Å². The van der Waals surface area contributed by atoms with Gasteiger partial charge in [0.25, 0.3) is 5.91 Å². The average Bonchev–Trinajstić information content (AvgIpc) is 2.87. The third kappa shape index (κ3) is 3.97. The van der Waals surface area contributed by atoms with E-state index in [2.05, 4.69) is 10.6 Å². The Morgan fingerprint density at radius 3 is 2.45 bits per heavy atom. The molecule has 1 aliphatic rings. The zero-order valence-corrected chi connectivity index (χ0v) is 16.4. The summed E-state index contributed by atoms with van der Waals surface area (Å²) in [6, 6.07) is 10.7. The molecule has 3 rings (SSSR count). The van der Waals surface area contributed by atoms with Gasteiger partial charge in [-0.1, -0.05) is 30.3 Å². The molecule has 0 aromatic heterocycles. The lowest BCUT2D eigenvalue weighted by molar-refractivity contribution is -0.133. The lowest BCUT2D eigenvalue weighted by Crippen LogP contribution is -2.42. The number of halogens is 1. The van der Waals surface area contributed by atoms with Crippen molar-refractivity contribution in [1.82, 2.24) is 10.2 Å². The topological polar surface area (TPSA) is 113 Å². The van der Waals surface area contributed by atoms with Crippen molar-refractivity contribution in [3.63, 3.8) is 0 Å². The van der Waals surface area contributed by atoms with Crippen molar-refractivity contribution in [2.45, 2.75) is 17.4 Å². The summed E-state index contributed by atoms with van der Waals surface area (Å²) < 4.78 is 37.2. The molecule has 1 aliphatic heterocycles. The number of imide groups is 1. The summed E-state index contributed by atoms with van der Waals surface area (Å²) in [5, 5.41) is 4.77. The lowest BCUT2D eigenvalue weighted by Gasteiger charge is -2.22. The second kappa shape index (κ2) is 7.28. The fourth-order valence-corrected chi connectivity index (χ4v) is 3.62. The standard InChI is InChI=1S/C19H18FN3O5S/c1-19(12-6-4-3-5-7-12)17(25)23(18(26)22-19)11-16(24)21-15-10-13(29(2,27)28)8-9-14(15)20/h3-10H,11H2,1-2H3,(H,21,24)(H,22,26). The smallest absolute Gasteiger partial charge is 0.322 e. The first-order valence-corrected chi connectivity index (χ1v) is 10.4. The highest BCUT2D eigenvalue weighted by Crippen LogP contribution is 2.28. The molecule has 1 fully saturated rings. The fourth-order valence-electron chi connectivity index (χ4n) is 2.97. The van der Waals surface area contributed by atoms with Crippen molar-refractivity contribution in [3.8, 4) is 0 Å². The first kappa shape index (κ1) is 20.5. The number of urea groups is 1. The zero-order chi connectivity index (χ0) is 21.4. The molecule has 0 spiro atoms. The van der Waals surface area contributed by atoms with Crippen LogP contribution in [0.4, 0.5) is 14.9 Å². The van der Waals surface area contributed by atoms with E-state index in [1.165, 1.54) is 6.92 Å². The van der Waals surface area contributed by atoms with E-state index in [1.54, 1.807) is 30.3 Å². The van der Waals surface area contributed by atoms with Gasteiger partial charge in [-0.05, 0) is 30.7 Å². The van der Waals surface area contributed by atoms with Crippen LogP contribution in [0.25, 0.3) is 0 Å². The van der Waals surface area contributed by atoms with Gasteiger partial charge >= 0.3 is 6.03 Å². The van der Waals surface area contributed by atoms with E-state index < -0.39 is 45.6 Å². The summed E-state index contributed by atoms with van der Waals surface area (Å²) in [6.45, 7) is 0.866. The SMILES string of the molecule is CC1(c2ccccc2)NC(=O)N(CC(=O)Nc2cc(S(C)(=O)=O)ccc2F)C1=O. The van der Waals surface area contributed by atoms with E-state index in [1.807, 2.05) is 0 Å². The molecule has 2 aromatic carbocycles. The van der Waals surface area contributed by atoms with Crippen molar-refractivity contribution in [3.05, 3.63) is 59.9 Å². The highest BCUT2D eigenvalue weighted by molar-refractivity contribution is 7.90. The van der Waals surface area contributed by atoms with E-state index in [0.717, 1.165) is 29.4 Å². The second-order valence-electron chi connectivity index (χ2n) is 6.77. The Labute approximate surface area is 166 Å². The Kier molecular flexibility index (Phi) is 5.14. The van der Waals surface area contributed by atoms with Crippen LogP contribution in [-0.4, -0.2) is 44.0 Å². The fraction of sp³-hybridized carbons (Fsp3) is 0.211. The predicted molar refractivity (Wildman–Crippen MR) is 102 cm³/mol. The largest absolute Gasteiger partial charge is 0.325 e. The van der Waals surface area contributed by atoms with E-state index in [9.17, 15) is 27.2 Å². The molecule has 0 saturated carbocycles. The highest BCUT2D eigenvalue weighted by Gasteiger charge is 2.49. The van der Waals surface area contributed by atoms with Gasteiger partial charge in [-0.15, -0.1) is 0 Å². The van der Waals surface area contributed by atoms with Crippen molar-refractivity contribution >= 4 is 33.4 Å². The minimum absolute atomic E-state index is 0.180. The molecule has 2 N–H and O–H groups in total. The number of hydrogen-bond acceptors (Lipinski definition) is 5. The summed E-state index contributed by atoms with van der Waals surface area (Å²) in [5.74, 6) is -2.33. The predicted octanol–water partition coefficient (Wildman–Crippen LogP) is 1.63. The Morgan fingerprint density at radius 2 is 1.83 bits per heavy atom. The second-order valence-corrected chi connectivity index (χ2v) is 8.79. The number of amides is 4. The van der Waals surface area contributed by atoms with Gasteiger partial charge in [-0.2, -0.15) is 0 Å². The number of carbonyl (C=O) groups is 3. The minimum Gasteiger partial charge on any atom is -0.322 e. The molecule has 1 heterocycles. The van der Waals surface area contributed by atoms with E-state index in [-0.39, 0.29) is 10.6 Å². The maximum atomic E-state index is 14.0. The van der Waals surface area contributed by atoms with Crippen molar-refractivity contribution in [2.24, 2.45) is 0 Å². The third-order valence-corrected chi connectivity index (χ3v) is 5.68. The normalized spacial score (nSPS) is 19.2. The monoisotopic (exact) mass is 419 g/mol. The molecule has 8 nitrogen and oxygen atoms in total. The summed E-state index contributed by atoms with van der Waals surface area (Å²) in [4.78, 5) is 37.9. The molecule has 0 bridgehead atoms. The molecule has 1 unspecified atom stereocenters. The van der Waals surface area contributed by atoms with E-state index in [0.29, 0.717) is 5.56 Å². The van der Waals surface area contributed by atoms with Crippen LogP contribution >= 0.6 is 0 Å². The Bertz CT molecular complexity index is 1100. The molecule has 152 valence electrons. The van der Waals surface area contributed by atoms with Crippen LogP contribution < -0.4 is 10.6 Å². The van der Waals surface area contributed by atoms with E-state index >= 15 is 0 Å². The molecule has 1 saturated heterocycles. The van der Waals surface area contributed by atoms with Crippen LogP contribution in [0.2, 0.25) is 0 Å². The maximum absolute atomic E-state index is 14.0. The van der Waals surface area contributed by atoms with Gasteiger partial charge in [0.2, 0.25) is 5.91 Å². The number of rotatable bonds is 5. The van der Waals surface area contributed by atoms with Crippen LogP contribution in [0.3, 0.4) is 0 Å². The molecule has 1 atom stereocenters. The summed E-state index contributed by atoms with van der Waals surface area (Å²) >= 11 is 0. The van der Waals surface area contributed by atoms with Gasteiger partial charge in [0, 0.05) is 6.26 Å². The molecular formula is C19H18FN3O5S. The number of carbonyl (C=O) groups excluding carboxylic acids is 3. The zero-order valence-electron chi connectivity index (χ0n) is 15.6. The molecule has 0 radical (unpaired) electrons. The third-order valence-electron chi connectivity index (χ3n) is 4.57. The Balaban J connectivity index is 1.78. The summed E-state index contributed by atoms with van der Waals surface area (Å²) in [6.07, 6.45) is 0.948. The number of sulfone groups is 1. The molecule has 4 amide bonds. The van der Waals surface area contributed by atoms with Gasteiger partial charge in [0.05, 0.1) is 10.6 Å². The summed E-state index contributed by atoms with van der Waals surface area (Å²) in [7, 11) is -3.61. The van der Waals surface area contributed by atoms with Crippen molar-refractivity contribution in [2.75, 3.05) is 18.1 Å². The van der Waals surface area contributed by atoms with E-state index in [4.69, 9.17) is 0 Å². The van der Waals surface area contributed by atoms with Crippen LogP contribution in [0.5, 0.6) is 0 Å². The molecule has 0 aliphatic carbocycles. The maximum Gasteiger partial charge on any atom is 0.325 e. The number of benzene rings is 2. The molecular weight excluding hydrogens is 401 g/mol. The molecule has 29 heavy (non-hydrogen) atoms. The van der Waals surface area contributed by atoms with Gasteiger partial charge in [-0.25, -0.2) is 17.6 Å². The van der Waals surface area contributed by atoms with Crippen LogP contribution in [0.15, 0.2) is 53.4 Å². The number of hydrogen-bond donors (Lipinski definition) is 2.